The lowest BCUT2D eigenvalue weighted by atomic mass is 9.42. The quantitative estimate of drug-likeness (QED) is 0.265. The van der Waals surface area contributed by atoms with Gasteiger partial charge in [0.05, 0.1) is 42.2 Å². The summed E-state index contributed by atoms with van der Waals surface area (Å²) in [6.45, 7) is 8.60. The molecule has 0 radical (unpaired) electrons. The fourth-order valence-corrected chi connectivity index (χ4v) is 12.7. The number of ether oxygens (including phenoxy) is 7. The van der Waals surface area contributed by atoms with Gasteiger partial charge in [-0.15, -0.1) is 0 Å². The lowest BCUT2D eigenvalue weighted by Crippen LogP contribution is -2.67. The minimum Gasteiger partial charge on any atom is -0.458 e. The van der Waals surface area contributed by atoms with Crippen LogP contribution >= 0.6 is 0 Å². The Hall–Kier alpha value is -1.93. The van der Waals surface area contributed by atoms with E-state index >= 15 is 0 Å². The van der Waals surface area contributed by atoms with Crippen molar-refractivity contribution in [1.82, 2.24) is 0 Å². The second-order valence-corrected chi connectivity index (χ2v) is 18.1. The van der Waals surface area contributed by atoms with E-state index in [-0.39, 0.29) is 60.2 Å². The maximum Gasteiger partial charge on any atom is 0.331 e. The smallest absolute Gasteiger partial charge is 0.331 e. The Morgan fingerprint density at radius 3 is 2.34 bits per heavy atom. The Labute approximate surface area is 312 Å². The molecule has 1 aromatic carbocycles. The molecule has 0 aromatic heterocycles. The molecule has 4 aliphatic heterocycles. The van der Waals surface area contributed by atoms with Gasteiger partial charge in [-0.1, -0.05) is 44.2 Å². The fraction of sp³-hybridized carbons (Fsp3) is 0.786. The number of hydrogen-bond acceptors (Lipinski definition) is 11. The van der Waals surface area contributed by atoms with Gasteiger partial charge in [-0.2, -0.15) is 0 Å². The van der Waals surface area contributed by atoms with Gasteiger partial charge in [0.15, 0.2) is 18.9 Å². The van der Waals surface area contributed by atoms with Crippen LogP contribution in [0.4, 0.5) is 0 Å². The zero-order valence-corrected chi connectivity index (χ0v) is 31.5. The van der Waals surface area contributed by atoms with Crippen molar-refractivity contribution in [3.8, 4) is 0 Å². The van der Waals surface area contributed by atoms with Crippen molar-refractivity contribution in [2.45, 2.75) is 165 Å². The number of fused-ring (bicyclic) bond motifs is 6. The van der Waals surface area contributed by atoms with Crippen molar-refractivity contribution in [2.24, 2.45) is 34.5 Å². The van der Waals surface area contributed by atoms with Gasteiger partial charge in [0.25, 0.3) is 0 Å². The monoisotopic (exact) mass is 738 g/mol. The van der Waals surface area contributed by atoms with Gasteiger partial charge in [0.1, 0.15) is 18.8 Å². The number of hydrogen-bond donors (Lipinski definition) is 3. The summed E-state index contributed by atoms with van der Waals surface area (Å²) in [6, 6.07) is 9.91. The molecule has 0 bridgehead atoms. The summed E-state index contributed by atoms with van der Waals surface area (Å²) in [5, 5.41) is 35.8. The van der Waals surface area contributed by atoms with E-state index in [1.807, 2.05) is 44.2 Å². The zero-order valence-electron chi connectivity index (χ0n) is 31.5. The van der Waals surface area contributed by atoms with Crippen molar-refractivity contribution < 1.29 is 53.3 Å². The third-order valence-corrected chi connectivity index (χ3v) is 15.6. The Bertz CT molecular complexity index is 1540. The first kappa shape index (κ1) is 36.7. The highest BCUT2D eigenvalue weighted by molar-refractivity contribution is 5.85. The molecule has 3 saturated heterocycles. The van der Waals surface area contributed by atoms with Gasteiger partial charge in [0.2, 0.25) is 0 Å². The summed E-state index contributed by atoms with van der Waals surface area (Å²) < 4.78 is 43.4. The standard InChI is InChI=1S/C42H58O11/c1-22-37(52-36-20-32-38(23(2)49-36)53-39(51-32)24-8-6-5-7-9-24)31(43)19-35(48-22)50-27-12-14-40(3)26(17-27)10-11-29-30(40)18-33(44)41(4)28(13-15-42(29,41)46)25-16-34(45)47-21-25/h5-9,16,22-23,26-33,35-39,43-44,46H,10-15,17-21H2,1-4H3/t22?,23?,26-,27+,28-,29-,30+,31-,32-,33-,35+,36+,37?,38?,39?,40+,41+,42+/m1/s1. The van der Waals surface area contributed by atoms with Gasteiger partial charge in [-0.05, 0) is 99.9 Å². The first-order valence-corrected chi connectivity index (χ1v) is 20.3. The van der Waals surface area contributed by atoms with E-state index in [9.17, 15) is 20.1 Å². The van der Waals surface area contributed by atoms with Gasteiger partial charge < -0.3 is 48.5 Å². The molecule has 0 spiro atoms. The zero-order chi connectivity index (χ0) is 36.9. The Kier molecular flexibility index (Phi) is 9.43. The molecule has 1 aromatic rings. The van der Waals surface area contributed by atoms with E-state index in [2.05, 4.69) is 13.8 Å². The Morgan fingerprint density at radius 2 is 1.58 bits per heavy atom. The highest BCUT2D eigenvalue weighted by Gasteiger charge is 2.71. The normalized spacial score (nSPS) is 52.2. The largest absolute Gasteiger partial charge is 0.458 e. The van der Waals surface area contributed by atoms with Crippen LogP contribution in [0.1, 0.15) is 104 Å². The maximum atomic E-state index is 12.6. The highest BCUT2D eigenvalue weighted by Crippen LogP contribution is 2.70. The average Bonchev–Trinajstić information content (AvgIpc) is 3.84. The van der Waals surface area contributed by atoms with Gasteiger partial charge >= 0.3 is 5.97 Å². The molecule has 9 rings (SSSR count). The molecule has 11 heteroatoms. The lowest BCUT2D eigenvalue weighted by molar-refractivity contribution is -0.313. The predicted molar refractivity (Wildman–Crippen MR) is 190 cm³/mol. The molecule has 53 heavy (non-hydrogen) atoms. The SMILES string of the molecule is CC1O[C@@H](O[C@H]2CC[C@@]3(C)[C@H](CC[C@@H]4[C@@H]3C[C@@H](O)[C@]3(C)[C@@H](C5=CC(=O)OC5)CC[C@]43O)C2)C[C@@H](O)C1O[C@H]1C[C@H]2OC(c3ccccc3)OC2C(C)O1. The molecular weight excluding hydrogens is 680 g/mol. The number of rotatable bonds is 6. The molecule has 7 fully saturated rings. The van der Waals surface area contributed by atoms with E-state index in [1.165, 1.54) is 0 Å². The van der Waals surface area contributed by atoms with Gasteiger partial charge in [-0.25, -0.2) is 4.79 Å². The molecule has 4 heterocycles. The van der Waals surface area contributed by atoms with E-state index < -0.39 is 54.3 Å². The number of carbonyl (C=O) groups is 1. The predicted octanol–water partition coefficient (Wildman–Crippen LogP) is 5.10. The van der Waals surface area contributed by atoms with Crippen LogP contribution < -0.4 is 0 Å². The van der Waals surface area contributed by atoms with Crippen LogP contribution in [0.25, 0.3) is 0 Å². The molecular formula is C42H58O11. The van der Waals surface area contributed by atoms with Crippen LogP contribution in [0.3, 0.4) is 0 Å². The Morgan fingerprint density at radius 1 is 0.811 bits per heavy atom. The average molecular weight is 739 g/mol. The number of aliphatic hydroxyl groups is 3. The molecule has 292 valence electrons. The summed E-state index contributed by atoms with van der Waals surface area (Å²) in [7, 11) is 0. The molecule has 5 unspecified atom stereocenters. The van der Waals surface area contributed by atoms with Crippen LogP contribution in [-0.2, 0) is 38.0 Å². The van der Waals surface area contributed by atoms with Crippen LogP contribution in [0.2, 0.25) is 0 Å². The Balaban J connectivity index is 0.799. The summed E-state index contributed by atoms with van der Waals surface area (Å²) >= 11 is 0. The molecule has 8 aliphatic rings. The molecule has 4 saturated carbocycles. The summed E-state index contributed by atoms with van der Waals surface area (Å²) in [5.74, 6) is 0.341. The number of carbonyl (C=O) groups excluding carboxylic acids is 1. The van der Waals surface area contributed by atoms with Crippen molar-refractivity contribution in [3.63, 3.8) is 0 Å². The molecule has 4 aliphatic carbocycles. The van der Waals surface area contributed by atoms with Crippen LogP contribution in [0.5, 0.6) is 0 Å². The van der Waals surface area contributed by atoms with Crippen LogP contribution in [-0.4, -0.2) is 94.9 Å². The van der Waals surface area contributed by atoms with Crippen molar-refractivity contribution >= 4 is 5.97 Å². The second-order valence-electron chi connectivity index (χ2n) is 18.1. The fourth-order valence-electron chi connectivity index (χ4n) is 12.7. The van der Waals surface area contributed by atoms with Crippen LogP contribution in [0, 0.1) is 34.5 Å². The van der Waals surface area contributed by atoms with E-state index in [4.69, 9.17) is 33.2 Å². The minimum absolute atomic E-state index is 0.00704. The summed E-state index contributed by atoms with van der Waals surface area (Å²) in [4.78, 5) is 11.9. The van der Waals surface area contributed by atoms with Crippen molar-refractivity contribution in [3.05, 3.63) is 47.5 Å². The minimum atomic E-state index is -0.987. The van der Waals surface area contributed by atoms with Crippen molar-refractivity contribution in [2.75, 3.05) is 6.61 Å². The maximum absolute atomic E-state index is 12.6. The highest BCUT2D eigenvalue weighted by atomic mass is 16.8. The first-order valence-electron chi connectivity index (χ1n) is 20.3. The first-order chi connectivity index (χ1) is 25.4. The van der Waals surface area contributed by atoms with Gasteiger partial charge in [0, 0.05) is 29.9 Å². The van der Waals surface area contributed by atoms with Gasteiger partial charge in [-0.3, -0.25) is 0 Å². The summed E-state index contributed by atoms with van der Waals surface area (Å²) in [5.41, 5.74) is 0.187. The van der Waals surface area contributed by atoms with E-state index in [1.54, 1.807) is 6.08 Å². The third-order valence-electron chi connectivity index (χ3n) is 15.6. The van der Waals surface area contributed by atoms with Crippen LogP contribution in [0.15, 0.2) is 42.0 Å². The summed E-state index contributed by atoms with van der Waals surface area (Å²) in [6.07, 6.45) is 4.56. The van der Waals surface area contributed by atoms with Crippen molar-refractivity contribution in [1.29, 1.82) is 0 Å². The number of aliphatic hydroxyl groups excluding tert-OH is 2. The van der Waals surface area contributed by atoms with E-state index in [0.29, 0.717) is 31.6 Å². The van der Waals surface area contributed by atoms with E-state index in [0.717, 1.165) is 49.7 Å². The number of benzene rings is 1. The molecule has 18 atom stereocenters. The lowest BCUT2D eigenvalue weighted by Gasteiger charge is -2.65. The molecule has 11 nitrogen and oxygen atoms in total. The third kappa shape index (κ3) is 5.98. The topological polar surface area (TPSA) is 142 Å². The number of cyclic esters (lactones) is 1. The second kappa shape index (κ2) is 13.6. The number of esters is 1. The molecule has 0 amide bonds. The molecule has 3 N–H and O–H groups in total.